The van der Waals surface area contributed by atoms with Crippen molar-refractivity contribution >= 4 is 23.2 Å². The molecule has 2 aromatic carbocycles. The Morgan fingerprint density at radius 3 is 2.24 bits per heavy atom. The van der Waals surface area contributed by atoms with E-state index in [1.807, 2.05) is 31.2 Å². The molecule has 4 rings (SSSR count). The number of alkyl halides is 2. The van der Waals surface area contributed by atoms with Crippen LogP contribution in [0.3, 0.4) is 0 Å². The van der Waals surface area contributed by atoms with Crippen LogP contribution in [0.15, 0.2) is 54.6 Å². The summed E-state index contributed by atoms with van der Waals surface area (Å²) in [7, 11) is 0. The minimum absolute atomic E-state index is 0.128. The zero-order valence-corrected chi connectivity index (χ0v) is 13.4. The van der Waals surface area contributed by atoms with Gasteiger partial charge in [-0.05, 0) is 18.6 Å². The molecule has 108 valence electrons. The number of ether oxygens (including phenoxy) is 1. The first kappa shape index (κ1) is 13.5. The Kier molecular flexibility index (Phi) is 2.55. The van der Waals surface area contributed by atoms with E-state index in [9.17, 15) is 0 Å². The van der Waals surface area contributed by atoms with Crippen LogP contribution in [-0.2, 0) is 0 Å². The van der Waals surface area contributed by atoms with Crippen LogP contribution in [0.25, 0.3) is 0 Å². The topological polar surface area (TPSA) is 9.23 Å². The molecule has 3 heteroatoms. The van der Waals surface area contributed by atoms with Crippen molar-refractivity contribution in [3.05, 3.63) is 65.7 Å². The number of hydrogen-bond donors (Lipinski definition) is 0. The van der Waals surface area contributed by atoms with Crippen LogP contribution in [-0.4, -0.2) is 9.93 Å². The third-order valence-electron chi connectivity index (χ3n) is 5.43. The van der Waals surface area contributed by atoms with Crippen LogP contribution in [0.1, 0.15) is 30.9 Å². The molecule has 1 heterocycles. The molecule has 0 N–H and O–H groups in total. The van der Waals surface area contributed by atoms with E-state index in [2.05, 4.69) is 37.3 Å². The number of fused-ring (bicyclic) bond motifs is 2. The van der Waals surface area contributed by atoms with E-state index in [0.717, 1.165) is 11.3 Å². The summed E-state index contributed by atoms with van der Waals surface area (Å²) in [4.78, 5) is 0. The molecule has 2 aliphatic rings. The summed E-state index contributed by atoms with van der Waals surface area (Å²) in [6.07, 6.45) is 0. The fourth-order valence-electron chi connectivity index (χ4n) is 3.92. The lowest BCUT2D eigenvalue weighted by molar-refractivity contribution is 0.121. The van der Waals surface area contributed by atoms with E-state index in [4.69, 9.17) is 27.9 Å². The van der Waals surface area contributed by atoms with E-state index in [1.165, 1.54) is 5.56 Å². The van der Waals surface area contributed by atoms with Crippen molar-refractivity contribution in [1.29, 1.82) is 0 Å². The predicted octanol–water partition coefficient (Wildman–Crippen LogP) is 5.16. The molecule has 1 aliphatic heterocycles. The first-order valence-electron chi connectivity index (χ1n) is 7.14. The molecule has 0 bridgehead atoms. The minimum atomic E-state index is -0.903. The Balaban J connectivity index is 1.98. The molecule has 1 fully saturated rings. The molecule has 0 radical (unpaired) electrons. The number of hydrogen-bond acceptors (Lipinski definition) is 1. The normalized spacial score (nSPS) is 35.3. The second-order valence-corrected chi connectivity index (χ2v) is 7.62. The highest BCUT2D eigenvalue weighted by atomic mass is 35.5. The fourth-order valence-corrected chi connectivity index (χ4v) is 4.88. The monoisotopic (exact) mass is 318 g/mol. The van der Waals surface area contributed by atoms with Crippen LogP contribution in [0.4, 0.5) is 0 Å². The average Bonchev–Trinajstić information content (AvgIpc) is 2.83. The van der Waals surface area contributed by atoms with Crippen molar-refractivity contribution in [1.82, 2.24) is 0 Å². The summed E-state index contributed by atoms with van der Waals surface area (Å²) in [5.41, 5.74) is 1.47. The van der Waals surface area contributed by atoms with Crippen LogP contribution in [0.5, 0.6) is 5.75 Å². The van der Waals surface area contributed by atoms with Gasteiger partial charge < -0.3 is 4.74 Å². The van der Waals surface area contributed by atoms with E-state index >= 15 is 0 Å². The van der Waals surface area contributed by atoms with Crippen molar-refractivity contribution < 1.29 is 4.74 Å². The van der Waals surface area contributed by atoms with Gasteiger partial charge in [0.05, 0.1) is 5.41 Å². The Morgan fingerprint density at radius 2 is 1.52 bits per heavy atom. The molecule has 0 saturated heterocycles. The highest BCUT2D eigenvalue weighted by Crippen LogP contribution is 2.81. The Hall–Kier alpha value is -1.18. The second kappa shape index (κ2) is 3.97. The van der Waals surface area contributed by atoms with Crippen molar-refractivity contribution in [2.45, 2.75) is 29.7 Å². The third kappa shape index (κ3) is 1.39. The number of halogens is 2. The predicted molar refractivity (Wildman–Crippen MR) is 86.3 cm³/mol. The van der Waals surface area contributed by atoms with Gasteiger partial charge >= 0.3 is 0 Å². The van der Waals surface area contributed by atoms with Gasteiger partial charge in [-0.2, -0.15) is 0 Å². The molecule has 2 aromatic rings. The van der Waals surface area contributed by atoms with Gasteiger partial charge in [0.1, 0.15) is 11.4 Å². The summed E-state index contributed by atoms with van der Waals surface area (Å²) in [5, 5.41) is 0. The zero-order chi connectivity index (χ0) is 14.9. The van der Waals surface area contributed by atoms with Gasteiger partial charge in [-0.3, -0.25) is 0 Å². The number of rotatable bonds is 1. The number of para-hydroxylation sites is 1. The lowest BCUT2D eigenvalue weighted by atomic mass is 9.75. The van der Waals surface area contributed by atoms with Crippen molar-refractivity contribution in [2.24, 2.45) is 5.41 Å². The summed E-state index contributed by atoms with van der Waals surface area (Å²) < 4.78 is 5.30. The van der Waals surface area contributed by atoms with Gasteiger partial charge in [0, 0.05) is 11.5 Å². The van der Waals surface area contributed by atoms with Crippen molar-refractivity contribution in [3.8, 4) is 5.75 Å². The minimum Gasteiger partial charge on any atom is -0.483 e. The standard InChI is InChI=1S/C18H16Cl2O/c1-16-15(12-8-4-3-5-9-12)13-10-6-7-11-14(13)21-17(16,2)18(16,19)20/h3-11,15H,1-2H3/t15-,16+,17+/m1/s1. The molecule has 0 amide bonds. The smallest absolute Gasteiger partial charge is 0.168 e. The maximum atomic E-state index is 6.67. The van der Waals surface area contributed by atoms with E-state index < -0.39 is 9.93 Å². The Bertz CT molecular complexity index is 712. The van der Waals surface area contributed by atoms with Crippen LogP contribution < -0.4 is 4.74 Å². The van der Waals surface area contributed by atoms with Crippen LogP contribution in [0.2, 0.25) is 0 Å². The molecular weight excluding hydrogens is 303 g/mol. The average molecular weight is 319 g/mol. The van der Waals surface area contributed by atoms with Gasteiger partial charge in [-0.25, -0.2) is 0 Å². The SMILES string of the molecule is C[C@]12Oc3ccccc3[C@@H](c3ccccc3)[C@]1(C)C2(Cl)Cl. The molecular formula is C18H16Cl2O. The van der Waals surface area contributed by atoms with Crippen molar-refractivity contribution in [2.75, 3.05) is 0 Å². The maximum absolute atomic E-state index is 6.67. The molecule has 1 nitrogen and oxygen atoms in total. The summed E-state index contributed by atoms with van der Waals surface area (Å²) in [6, 6.07) is 18.6. The molecule has 1 saturated carbocycles. The highest BCUT2D eigenvalue weighted by Gasteiger charge is 2.88. The summed E-state index contributed by atoms with van der Waals surface area (Å²) in [5.74, 6) is 1.01. The van der Waals surface area contributed by atoms with Crippen LogP contribution >= 0.6 is 23.2 Å². The molecule has 0 aromatic heterocycles. The quantitative estimate of drug-likeness (QED) is 0.659. The largest absolute Gasteiger partial charge is 0.483 e. The Morgan fingerprint density at radius 1 is 0.905 bits per heavy atom. The molecule has 3 atom stereocenters. The van der Waals surface area contributed by atoms with E-state index in [0.29, 0.717) is 0 Å². The van der Waals surface area contributed by atoms with Crippen molar-refractivity contribution in [3.63, 3.8) is 0 Å². The van der Waals surface area contributed by atoms with Gasteiger partial charge in [-0.15, -0.1) is 0 Å². The molecule has 21 heavy (non-hydrogen) atoms. The first-order valence-corrected chi connectivity index (χ1v) is 7.90. The highest BCUT2D eigenvalue weighted by molar-refractivity contribution is 6.53. The summed E-state index contributed by atoms with van der Waals surface area (Å²) >= 11 is 13.3. The molecule has 0 unspecified atom stereocenters. The Labute approximate surface area is 134 Å². The van der Waals surface area contributed by atoms with E-state index in [-0.39, 0.29) is 11.3 Å². The maximum Gasteiger partial charge on any atom is 0.168 e. The first-order chi connectivity index (χ1) is 9.93. The molecule has 1 aliphatic carbocycles. The number of benzene rings is 2. The zero-order valence-electron chi connectivity index (χ0n) is 11.9. The lowest BCUT2D eigenvalue weighted by Gasteiger charge is -2.35. The van der Waals surface area contributed by atoms with Crippen LogP contribution in [0, 0.1) is 5.41 Å². The van der Waals surface area contributed by atoms with E-state index in [1.54, 1.807) is 0 Å². The van der Waals surface area contributed by atoms with Gasteiger partial charge in [0.15, 0.2) is 4.33 Å². The lowest BCUT2D eigenvalue weighted by Crippen LogP contribution is -2.32. The fraction of sp³-hybridized carbons (Fsp3) is 0.333. The van der Waals surface area contributed by atoms with Gasteiger partial charge in [0.25, 0.3) is 0 Å². The van der Waals surface area contributed by atoms with Gasteiger partial charge in [-0.1, -0.05) is 78.7 Å². The van der Waals surface area contributed by atoms with Gasteiger partial charge in [0.2, 0.25) is 0 Å². The third-order valence-corrected chi connectivity index (χ3v) is 6.94. The molecule has 0 spiro atoms. The summed E-state index contributed by atoms with van der Waals surface area (Å²) in [6.45, 7) is 4.14. The second-order valence-electron chi connectivity index (χ2n) is 6.29.